The zero-order valence-corrected chi connectivity index (χ0v) is 7.40. The molecule has 2 unspecified atom stereocenters. The molecule has 1 aromatic rings. The normalized spacial score (nSPS) is 30.0. The van der Waals surface area contributed by atoms with Crippen LogP contribution in [0.15, 0.2) is 24.3 Å². The fourth-order valence-electron chi connectivity index (χ4n) is 1.66. The van der Waals surface area contributed by atoms with E-state index in [0.29, 0.717) is 12.0 Å². The molecule has 1 saturated carbocycles. The molecular weight excluding hydrogens is 185 g/mol. The highest BCUT2D eigenvalue weighted by molar-refractivity contribution is 5.84. The number of rotatable bonds is 2. The van der Waals surface area contributed by atoms with Gasteiger partial charge in [0.1, 0.15) is 11.4 Å². The lowest BCUT2D eigenvalue weighted by Gasteiger charge is -2.05. The summed E-state index contributed by atoms with van der Waals surface area (Å²) in [6.45, 7) is 0. The molecule has 2 rings (SSSR count). The summed E-state index contributed by atoms with van der Waals surface area (Å²) in [5.74, 6) is -1.84. The molecule has 14 heavy (non-hydrogen) atoms. The Morgan fingerprint density at radius 3 is 2.71 bits per heavy atom. The van der Waals surface area contributed by atoms with Crippen LogP contribution in [0.1, 0.15) is 17.9 Å². The van der Waals surface area contributed by atoms with Crippen molar-refractivity contribution in [3.05, 3.63) is 35.6 Å². The molecule has 3 nitrogen and oxygen atoms in total. The van der Waals surface area contributed by atoms with Gasteiger partial charge in [-0.1, -0.05) is 18.2 Å². The summed E-state index contributed by atoms with van der Waals surface area (Å²) in [5.41, 5.74) is 4.71. The number of hydrogen-bond acceptors (Lipinski definition) is 2. The highest BCUT2D eigenvalue weighted by Gasteiger charge is 2.58. The first kappa shape index (κ1) is 9.15. The predicted molar refractivity (Wildman–Crippen MR) is 48.3 cm³/mol. The Labute approximate surface area is 80.3 Å². The van der Waals surface area contributed by atoms with Gasteiger partial charge in [0.25, 0.3) is 0 Å². The first-order valence-corrected chi connectivity index (χ1v) is 4.32. The number of carboxylic acids is 1. The Bertz CT molecular complexity index is 393. The average Bonchev–Trinajstić information content (AvgIpc) is 2.80. The molecule has 1 fully saturated rings. The first-order chi connectivity index (χ1) is 6.55. The van der Waals surface area contributed by atoms with Gasteiger partial charge < -0.3 is 10.8 Å². The topological polar surface area (TPSA) is 63.3 Å². The minimum atomic E-state index is -1.26. The lowest BCUT2D eigenvalue weighted by Crippen LogP contribution is -2.34. The maximum atomic E-state index is 13.2. The molecular formula is C10H10FNO2. The molecule has 3 N–H and O–H groups in total. The minimum Gasteiger partial charge on any atom is -0.480 e. The smallest absolute Gasteiger partial charge is 0.324 e. The van der Waals surface area contributed by atoms with Crippen LogP contribution in [0.3, 0.4) is 0 Å². The van der Waals surface area contributed by atoms with Gasteiger partial charge in [0.05, 0.1) is 0 Å². The van der Waals surface area contributed by atoms with Crippen LogP contribution in [0.2, 0.25) is 0 Å². The molecule has 0 aromatic heterocycles. The van der Waals surface area contributed by atoms with Crippen molar-refractivity contribution in [2.75, 3.05) is 0 Å². The molecule has 1 aliphatic carbocycles. The summed E-state index contributed by atoms with van der Waals surface area (Å²) in [5, 5.41) is 8.79. The third-order valence-electron chi connectivity index (χ3n) is 2.68. The number of carbonyl (C=O) groups is 1. The third kappa shape index (κ3) is 1.19. The summed E-state index contributed by atoms with van der Waals surface area (Å²) < 4.78 is 13.2. The van der Waals surface area contributed by atoms with Crippen LogP contribution in [-0.4, -0.2) is 16.6 Å². The number of hydrogen-bond donors (Lipinski definition) is 2. The van der Waals surface area contributed by atoms with Gasteiger partial charge in [-0.3, -0.25) is 4.79 Å². The van der Waals surface area contributed by atoms with Gasteiger partial charge in [-0.05, 0) is 18.1 Å². The van der Waals surface area contributed by atoms with Crippen LogP contribution in [0, 0.1) is 5.82 Å². The van der Waals surface area contributed by atoms with E-state index in [0.717, 1.165) is 0 Å². The van der Waals surface area contributed by atoms with E-state index in [2.05, 4.69) is 0 Å². The van der Waals surface area contributed by atoms with Crippen molar-refractivity contribution >= 4 is 5.97 Å². The second kappa shape index (κ2) is 2.78. The zero-order chi connectivity index (χ0) is 10.3. The Morgan fingerprint density at radius 1 is 1.57 bits per heavy atom. The minimum absolute atomic E-state index is 0.309. The van der Waals surface area contributed by atoms with E-state index in [1.54, 1.807) is 18.2 Å². The molecule has 4 heteroatoms. The van der Waals surface area contributed by atoms with Crippen molar-refractivity contribution < 1.29 is 14.3 Å². The number of aliphatic carboxylic acids is 1. The second-order valence-electron chi connectivity index (χ2n) is 3.62. The van der Waals surface area contributed by atoms with E-state index in [4.69, 9.17) is 10.8 Å². The molecule has 1 aliphatic rings. The van der Waals surface area contributed by atoms with E-state index in [1.807, 2.05) is 0 Å². The van der Waals surface area contributed by atoms with Crippen LogP contribution >= 0.6 is 0 Å². The van der Waals surface area contributed by atoms with Crippen LogP contribution in [0.4, 0.5) is 4.39 Å². The van der Waals surface area contributed by atoms with Crippen molar-refractivity contribution in [2.45, 2.75) is 17.9 Å². The van der Waals surface area contributed by atoms with Gasteiger partial charge in [0.15, 0.2) is 0 Å². The standard InChI is InChI=1S/C10H10FNO2/c11-8-4-2-1-3-6(8)7-5-10(7,12)9(13)14/h1-4,7H,5,12H2,(H,13,14). The lowest BCUT2D eigenvalue weighted by molar-refractivity contribution is -0.139. The second-order valence-corrected chi connectivity index (χ2v) is 3.62. The van der Waals surface area contributed by atoms with Gasteiger partial charge in [-0.25, -0.2) is 4.39 Å². The molecule has 0 heterocycles. The van der Waals surface area contributed by atoms with E-state index >= 15 is 0 Å². The molecule has 2 atom stereocenters. The highest BCUT2D eigenvalue weighted by atomic mass is 19.1. The molecule has 0 saturated heterocycles. The summed E-state index contributed by atoms with van der Waals surface area (Å²) in [6, 6.07) is 6.15. The van der Waals surface area contributed by atoms with Crippen LogP contribution in [0.5, 0.6) is 0 Å². The Morgan fingerprint density at radius 2 is 2.21 bits per heavy atom. The molecule has 74 valence electrons. The fraction of sp³-hybridized carbons (Fsp3) is 0.300. The molecule has 0 amide bonds. The molecule has 0 bridgehead atoms. The summed E-state index contributed by atoms with van der Waals surface area (Å²) >= 11 is 0. The SMILES string of the molecule is NC1(C(=O)O)CC1c1ccccc1F. The Kier molecular flexibility index (Phi) is 1.82. The van der Waals surface area contributed by atoms with Crippen molar-refractivity contribution in [1.82, 2.24) is 0 Å². The lowest BCUT2D eigenvalue weighted by atomic mass is 10.1. The van der Waals surface area contributed by atoms with Crippen LogP contribution < -0.4 is 5.73 Å². The summed E-state index contributed by atoms with van der Waals surface area (Å²) in [4.78, 5) is 10.7. The van der Waals surface area contributed by atoms with Gasteiger partial charge in [0, 0.05) is 5.92 Å². The van der Waals surface area contributed by atoms with E-state index in [1.165, 1.54) is 6.07 Å². The van der Waals surface area contributed by atoms with E-state index in [-0.39, 0.29) is 11.7 Å². The monoisotopic (exact) mass is 195 g/mol. The number of halogens is 1. The maximum Gasteiger partial charge on any atom is 0.324 e. The molecule has 1 aromatic carbocycles. The van der Waals surface area contributed by atoms with Gasteiger partial charge in [0.2, 0.25) is 0 Å². The Hall–Kier alpha value is -1.42. The maximum absolute atomic E-state index is 13.2. The third-order valence-corrected chi connectivity index (χ3v) is 2.68. The van der Waals surface area contributed by atoms with E-state index in [9.17, 15) is 9.18 Å². The predicted octanol–water partition coefficient (Wildman–Crippen LogP) is 1.10. The fourth-order valence-corrected chi connectivity index (χ4v) is 1.66. The first-order valence-electron chi connectivity index (χ1n) is 4.32. The number of benzene rings is 1. The van der Waals surface area contributed by atoms with Crippen molar-refractivity contribution in [3.63, 3.8) is 0 Å². The van der Waals surface area contributed by atoms with E-state index < -0.39 is 11.5 Å². The van der Waals surface area contributed by atoms with Crippen LogP contribution in [0.25, 0.3) is 0 Å². The average molecular weight is 195 g/mol. The molecule has 0 spiro atoms. The largest absolute Gasteiger partial charge is 0.480 e. The summed E-state index contributed by atoms with van der Waals surface area (Å²) in [7, 11) is 0. The molecule has 0 radical (unpaired) electrons. The Balaban J connectivity index is 2.29. The summed E-state index contributed by atoms with van der Waals surface area (Å²) in [6.07, 6.45) is 0.309. The highest BCUT2D eigenvalue weighted by Crippen LogP contribution is 2.50. The van der Waals surface area contributed by atoms with Gasteiger partial charge in [-0.15, -0.1) is 0 Å². The number of carboxylic acid groups (broad SMARTS) is 1. The molecule has 0 aliphatic heterocycles. The number of nitrogens with two attached hydrogens (primary N) is 1. The van der Waals surface area contributed by atoms with Crippen molar-refractivity contribution in [3.8, 4) is 0 Å². The van der Waals surface area contributed by atoms with Crippen LogP contribution in [-0.2, 0) is 4.79 Å². The van der Waals surface area contributed by atoms with Gasteiger partial charge in [-0.2, -0.15) is 0 Å². The van der Waals surface area contributed by atoms with Crippen molar-refractivity contribution in [1.29, 1.82) is 0 Å². The van der Waals surface area contributed by atoms with Crippen molar-refractivity contribution in [2.24, 2.45) is 5.73 Å². The zero-order valence-electron chi connectivity index (χ0n) is 7.40. The quantitative estimate of drug-likeness (QED) is 0.742. The van der Waals surface area contributed by atoms with Gasteiger partial charge >= 0.3 is 5.97 Å².